The van der Waals surface area contributed by atoms with E-state index in [0.29, 0.717) is 28.9 Å². The highest BCUT2D eigenvalue weighted by atomic mass is 35.5. The quantitative estimate of drug-likeness (QED) is 0.289. The topological polar surface area (TPSA) is 102 Å². The third-order valence-electron chi connectivity index (χ3n) is 6.33. The molecule has 191 valence electrons. The Kier molecular flexibility index (Phi) is 8.98. The van der Waals surface area contributed by atoms with Crippen molar-refractivity contribution >= 4 is 30.8 Å². The molecular formula is C28H29BClN2O5. The number of aliphatic hydroxyl groups is 1. The third-order valence-corrected chi connectivity index (χ3v) is 6.63. The smallest absolute Gasteiger partial charge is 0.331 e. The Morgan fingerprint density at radius 2 is 1.84 bits per heavy atom. The first-order valence-corrected chi connectivity index (χ1v) is 12.0. The number of ether oxygens (including phenoxy) is 2. The zero-order valence-corrected chi connectivity index (χ0v) is 22.3. The van der Waals surface area contributed by atoms with Gasteiger partial charge in [-0.2, -0.15) is 5.26 Å². The lowest BCUT2D eigenvalue weighted by atomic mass is 9.79. The Morgan fingerprint density at radius 3 is 2.51 bits per heavy atom. The Morgan fingerprint density at radius 1 is 1.11 bits per heavy atom. The fourth-order valence-corrected chi connectivity index (χ4v) is 3.39. The monoisotopic (exact) mass is 519 g/mol. The van der Waals surface area contributed by atoms with Crippen LogP contribution in [-0.4, -0.2) is 35.1 Å². The second-order valence-electron chi connectivity index (χ2n) is 9.65. The Labute approximate surface area is 223 Å². The minimum absolute atomic E-state index is 0.114. The molecule has 0 saturated carbocycles. The van der Waals surface area contributed by atoms with Crippen LogP contribution in [-0.2, 0) is 17.9 Å². The first-order valence-electron chi connectivity index (χ1n) is 11.7. The summed E-state index contributed by atoms with van der Waals surface area (Å²) in [5.74, 6) is 0.664. The van der Waals surface area contributed by atoms with Crippen molar-refractivity contribution in [3.8, 4) is 17.6 Å². The maximum Gasteiger partial charge on any atom is 0.331 e. The van der Waals surface area contributed by atoms with E-state index < -0.39 is 11.2 Å². The van der Waals surface area contributed by atoms with E-state index in [4.69, 9.17) is 31.0 Å². The maximum absolute atomic E-state index is 11.6. The molecule has 0 aliphatic carbocycles. The Balaban J connectivity index is 1.74. The Hall–Kier alpha value is -3.38. The average molecular weight is 520 g/mol. The minimum Gasteiger partial charge on any atom is -0.488 e. The van der Waals surface area contributed by atoms with Crippen molar-refractivity contribution in [1.82, 2.24) is 4.98 Å². The summed E-state index contributed by atoms with van der Waals surface area (Å²) in [6, 6.07) is 12.5. The summed E-state index contributed by atoms with van der Waals surface area (Å²) in [5, 5.41) is 19.7. The largest absolute Gasteiger partial charge is 0.488 e. The molecule has 0 fully saturated rings. The van der Waals surface area contributed by atoms with Crippen LogP contribution >= 0.6 is 11.6 Å². The molecule has 0 amide bonds. The van der Waals surface area contributed by atoms with Gasteiger partial charge < -0.3 is 19.2 Å². The summed E-state index contributed by atoms with van der Waals surface area (Å²) >= 11 is 6.38. The fourth-order valence-electron chi connectivity index (χ4n) is 3.16. The van der Waals surface area contributed by atoms with Gasteiger partial charge in [0.05, 0.1) is 27.4 Å². The number of hydrogen-bond acceptors (Lipinski definition) is 7. The molecule has 1 aromatic heterocycles. The molecule has 7 nitrogen and oxygen atoms in total. The van der Waals surface area contributed by atoms with Crippen LogP contribution in [0.1, 0.15) is 60.3 Å². The highest BCUT2D eigenvalue weighted by molar-refractivity contribution is 6.47. The number of benzene rings is 2. The average Bonchev–Trinajstić information content (AvgIpc) is 2.86. The number of nitriles is 1. The number of nitrogens with zero attached hydrogens (tertiary/aromatic N) is 2. The van der Waals surface area contributed by atoms with Crippen molar-refractivity contribution < 1.29 is 24.0 Å². The van der Waals surface area contributed by atoms with Gasteiger partial charge in [-0.1, -0.05) is 35.3 Å². The molecule has 0 aliphatic rings. The molecular weight excluding hydrogens is 491 g/mol. The van der Waals surface area contributed by atoms with Crippen LogP contribution in [0.4, 0.5) is 0 Å². The zero-order chi connectivity index (χ0) is 27.2. The normalized spacial score (nSPS) is 11.5. The third kappa shape index (κ3) is 7.10. The van der Waals surface area contributed by atoms with Crippen LogP contribution in [0.3, 0.4) is 0 Å². The minimum atomic E-state index is -1.03. The highest BCUT2D eigenvalue weighted by Crippen LogP contribution is 2.33. The van der Waals surface area contributed by atoms with Gasteiger partial charge in [0.2, 0.25) is 0 Å². The lowest BCUT2D eigenvalue weighted by Crippen LogP contribution is -2.49. The summed E-state index contributed by atoms with van der Waals surface area (Å²) in [4.78, 5) is 15.6. The first-order chi connectivity index (χ1) is 17.4. The van der Waals surface area contributed by atoms with Gasteiger partial charge in [-0.25, -0.2) is 0 Å². The van der Waals surface area contributed by atoms with E-state index in [0.717, 1.165) is 16.6 Å². The van der Waals surface area contributed by atoms with Gasteiger partial charge in [0, 0.05) is 24.0 Å². The molecule has 9 heteroatoms. The number of halogens is 1. The van der Waals surface area contributed by atoms with E-state index in [1.165, 1.54) is 12.3 Å². The first kappa shape index (κ1) is 28.2. The number of carbonyl (C=O) groups is 1. The molecule has 1 N–H and O–H groups in total. The number of pyridine rings is 1. The van der Waals surface area contributed by atoms with Gasteiger partial charge >= 0.3 is 7.48 Å². The molecule has 37 heavy (non-hydrogen) atoms. The number of aldehydes is 1. The fraction of sp³-hybridized carbons (Fsp3) is 0.321. The van der Waals surface area contributed by atoms with E-state index >= 15 is 0 Å². The van der Waals surface area contributed by atoms with E-state index in [9.17, 15) is 9.90 Å². The number of hydrogen-bond donors (Lipinski definition) is 1. The molecule has 0 spiro atoms. The van der Waals surface area contributed by atoms with Crippen molar-refractivity contribution in [2.24, 2.45) is 0 Å². The molecule has 3 aromatic rings. The van der Waals surface area contributed by atoms with Gasteiger partial charge in [-0.15, -0.1) is 0 Å². The summed E-state index contributed by atoms with van der Waals surface area (Å²) in [6.45, 7) is 9.35. The van der Waals surface area contributed by atoms with Crippen LogP contribution < -0.4 is 14.9 Å². The predicted octanol–water partition coefficient (Wildman–Crippen LogP) is 4.70. The van der Waals surface area contributed by atoms with Gasteiger partial charge in [0.25, 0.3) is 0 Å². The summed E-state index contributed by atoms with van der Waals surface area (Å²) < 4.78 is 17.8. The lowest BCUT2D eigenvalue weighted by molar-refractivity contribution is -0.0893. The van der Waals surface area contributed by atoms with Crippen molar-refractivity contribution in [1.29, 1.82) is 5.26 Å². The number of aromatic nitrogens is 1. The highest BCUT2D eigenvalue weighted by Gasteiger charge is 2.35. The van der Waals surface area contributed by atoms with Crippen LogP contribution in [0, 0.1) is 18.3 Å². The zero-order valence-electron chi connectivity index (χ0n) is 21.5. The van der Waals surface area contributed by atoms with Crippen LogP contribution in [0.2, 0.25) is 5.02 Å². The second kappa shape index (κ2) is 11.8. The van der Waals surface area contributed by atoms with E-state index in [2.05, 4.69) is 4.98 Å². The molecule has 0 saturated heterocycles. The lowest BCUT2D eigenvalue weighted by Gasteiger charge is -2.37. The van der Waals surface area contributed by atoms with Gasteiger partial charge in [0.1, 0.15) is 30.8 Å². The van der Waals surface area contributed by atoms with Crippen LogP contribution in [0.15, 0.2) is 48.8 Å². The molecule has 1 heterocycles. The standard InChI is InChI=1S/C28H29BClN2O5/c1-18-21(7-6-8-23(18)29-37-28(4,5)27(2,3)34)17-36-26-11-25(22(15-33)10-24(26)30)35-16-20-9-19(12-31)13-32-14-20/h6-11,13-15,34H,16-17H2,1-5H3. The molecule has 0 unspecified atom stereocenters. The van der Waals surface area contributed by atoms with E-state index in [1.54, 1.807) is 39.7 Å². The van der Waals surface area contributed by atoms with Gasteiger partial charge in [-0.05, 0) is 57.9 Å². The summed E-state index contributed by atoms with van der Waals surface area (Å²) in [7, 11) is 1.64. The molecule has 2 aromatic carbocycles. The van der Waals surface area contributed by atoms with Crippen molar-refractivity contribution in [2.45, 2.75) is 59.0 Å². The molecule has 0 atom stereocenters. The number of rotatable bonds is 11. The van der Waals surface area contributed by atoms with E-state index in [1.807, 2.05) is 45.0 Å². The van der Waals surface area contributed by atoms with Crippen LogP contribution in [0.25, 0.3) is 0 Å². The Bertz CT molecular complexity index is 1310. The van der Waals surface area contributed by atoms with Crippen molar-refractivity contribution in [3.63, 3.8) is 0 Å². The summed E-state index contributed by atoms with van der Waals surface area (Å²) in [5.41, 5.74) is 2.29. The van der Waals surface area contributed by atoms with Gasteiger partial charge in [-0.3, -0.25) is 9.78 Å². The SMILES string of the molecule is Cc1c([B]OC(C)(C)C(C)(C)O)cccc1COc1cc(OCc2cncc(C#N)c2)c(C=O)cc1Cl. The summed E-state index contributed by atoms with van der Waals surface area (Å²) in [6.07, 6.45) is 3.71. The van der Waals surface area contributed by atoms with Crippen molar-refractivity contribution in [2.75, 3.05) is 0 Å². The van der Waals surface area contributed by atoms with Crippen molar-refractivity contribution in [3.05, 3.63) is 81.6 Å². The molecule has 1 radical (unpaired) electrons. The second-order valence-corrected chi connectivity index (χ2v) is 10.1. The maximum atomic E-state index is 11.6. The predicted molar refractivity (Wildman–Crippen MR) is 142 cm³/mol. The molecule has 0 bridgehead atoms. The van der Waals surface area contributed by atoms with E-state index in [-0.39, 0.29) is 23.8 Å². The molecule has 3 rings (SSSR count). The van der Waals surface area contributed by atoms with Gasteiger partial charge in [0.15, 0.2) is 6.29 Å². The van der Waals surface area contributed by atoms with Crippen LogP contribution in [0.5, 0.6) is 11.5 Å². The molecule has 0 aliphatic heterocycles. The number of carbonyl (C=O) groups excluding carboxylic acids is 1.